The van der Waals surface area contributed by atoms with E-state index < -0.39 is 12.0 Å². The van der Waals surface area contributed by atoms with E-state index in [4.69, 9.17) is 33.8 Å². The Morgan fingerprint density at radius 3 is 2.36 bits per heavy atom. The van der Waals surface area contributed by atoms with Gasteiger partial charge in [-0.25, -0.2) is 5.84 Å². The average Bonchev–Trinajstić information content (AvgIpc) is 3.11. The van der Waals surface area contributed by atoms with Crippen molar-refractivity contribution in [1.82, 2.24) is 15.2 Å². The zero-order valence-corrected chi connectivity index (χ0v) is 16.2. The van der Waals surface area contributed by atoms with Crippen LogP contribution in [0.25, 0.3) is 11.3 Å². The second kappa shape index (κ2) is 9.07. The summed E-state index contributed by atoms with van der Waals surface area (Å²) in [4.78, 5) is 12.1. The number of hydrogen-bond acceptors (Lipinski definition) is 5. The monoisotopic (exact) mass is 420 g/mol. The molecule has 0 bridgehead atoms. The van der Waals surface area contributed by atoms with Crippen LogP contribution in [0.2, 0.25) is 10.0 Å². The van der Waals surface area contributed by atoms with E-state index in [1.54, 1.807) is 54.6 Å². The molecule has 0 fully saturated rings. The van der Waals surface area contributed by atoms with Crippen LogP contribution in [0.3, 0.4) is 0 Å². The number of aromatic nitrogens is 2. The van der Waals surface area contributed by atoms with Crippen molar-refractivity contribution in [2.45, 2.75) is 12.6 Å². The fourth-order valence-corrected chi connectivity index (χ4v) is 2.80. The van der Waals surface area contributed by atoms with Gasteiger partial charge >= 0.3 is 0 Å². The van der Waals surface area contributed by atoms with E-state index in [-0.39, 0.29) is 18.8 Å². The van der Waals surface area contributed by atoms with Crippen molar-refractivity contribution < 1.29 is 14.6 Å². The fourth-order valence-electron chi connectivity index (χ4n) is 2.55. The zero-order valence-electron chi connectivity index (χ0n) is 14.7. The van der Waals surface area contributed by atoms with Crippen molar-refractivity contribution >= 4 is 29.1 Å². The largest absolute Gasteiger partial charge is 0.491 e. The SMILES string of the molecule is NNC(=O)c1cc(-c2ccc(Cl)cc2)nn1CC(O)COc1ccc(Cl)cc1. The van der Waals surface area contributed by atoms with Gasteiger partial charge < -0.3 is 9.84 Å². The summed E-state index contributed by atoms with van der Waals surface area (Å²) < 4.78 is 6.93. The minimum Gasteiger partial charge on any atom is -0.491 e. The van der Waals surface area contributed by atoms with Crippen molar-refractivity contribution in [3.8, 4) is 17.0 Å². The first-order valence-electron chi connectivity index (χ1n) is 8.37. The molecule has 3 aromatic rings. The maximum Gasteiger partial charge on any atom is 0.283 e. The number of aliphatic hydroxyl groups excluding tert-OH is 1. The molecule has 1 amide bonds. The second-order valence-electron chi connectivity index (χ2n) is 6.00. The predicted molar refractivity (Wildman–Crippen MR) is 107 cm³/mol. The van der Waals surface area contributed by atoms with Gasteiger partial charge in [0.25, 0.3) is 5.91 Å². The zero-order chi connectivity index (χ0) is 20.1. The normalized spacial score (nSPS) is 11.9. The topological polar surface area (TPSA) is 102 Å². The Labute approximate surface area is 171 Å². The molecule has 146 valence electrons. The van der Waals surface area contributed by atoms with Crippen LogP contribution in [-0.4, -0.2) is 33.5 Å². The van der Waals surface area contributed by atoms with Gasteiger partial charge in [0, 0.05) is 15.6 Å². The molecular weight excluding hydrogens is 403 g/mol. The van der Waals surface area contributed by atoms with Crippen molar-refractivity contribution in [2.24, 2.45) is 5.84 Å². The molecule has 1 atom stereocenters. The molecular formula is C19H18Cl2N4O3. The highest BCUT2D eigenvalue weighted by atomic mass is 35.5. The van der Waals surface area contributed by atoms with Gasteiger partial charge in [-0.15, -0.1) is 0 Å². The first-order valence-corrected chi connectivity index (χ1v) is 9.13. The first-order chi connectivity index (χ1) is 13.5. The van der Waals surface area contributed by atoms with Crippen LogP contribution in [0, 0.1) is 0 Å². The summed E-state index contributed by atoms with van der Waals surface area (Å²) in [7, 11) is 0. The second-order valence-corrected chi connectivity index (χ2v) is 6.87. The number of benzene rings is 2. The summed E-state index contributed by atoms with van der Waals surface area (Å²) in [6.45, 7) is 0.0609. The summed E-state index contributed by atoms with van der Waals surface area (Å²) in [6.07, 6.45) is -0.905. The number of aliphatic hydroxyl groups is 1. The lowest BCUT2D eigenvalue weighted by molar-refractivity contribution is 0.0845. The molecule has 1 heterocycles. The molecule has 0 aliphatic carbocycles. The van der Waals surface area contributed by atoms with E-state index in [0.717, 1.165) is 5.56 Å². The summed E-state index contributed by atoms with van der Waals surface area (Å²) in [5.41, 5.74) is 3.64. The number of amides is 1. The minimum atomic E-state index is -0.905. The molecule has 0 saturated heterocycles. The molecule has 28 heavy (non-hydrogen) atoms. The third kappa shape index (κ3) is 5.02. The van der Waals surface area contributed by atoms with Crippen molar-refractivity contribution in [2.75, 3.05) is 6.61 Å². The van der Waals surface area contributed by atoms with E-state index >= 15 is 0 Å². The summed E-state index contributed by atoms with van der Waals surface area (Å²) >= 11 is 11.7. The maximum atomic E-state index is 12.1. The molecule has 2 aromatic carbocycles. The fraction of sp³-hybridized carbons (Fsp3) is 0.158. The Bertz CT molecular complexity index is 943. The minimum absolute atomic E-state index is 0.0153. The van der Waals surface area contributed by atoms with E-state index in [2.05, 4.69) is 10.5 Å². The Morgan fingerprint density at radius 1 is 1.14 bits per heavy atom. The summed E-state index contributed by atoms with van der Waals surface area (Å²) in [6, 6.07) is 15.4. The molecule has 1 unspecified atom stereocenters. The van der Waals surface area contributed by atoms with Gasteiger partial charge in [0.15, 0.2) is 0 Å². The Kier molecular flexibility index (Phi) is 6.53. The molecule has 9 heteroatoms. The number of ether oxygens (including phenoxy) is 1. The number of carbonyl (C=O) groups is 1. The molecule has 0 aliphatic heterocycles. The van der Waals surface area contributed by atoms with Crippen LogP contribution in [-0.2, 0) is 6.54 Å². The third-order valence-electron chi connectivity index (χ3n) is 3.92. The van der Waals surface area contributed by atoms with E-state index in [9.17, 15) is 9.90 Å². The van der Waals surface area contributed by atoms with Crippen LogP contribution in [0.15, 0.2) is 54.6 Å². The molecule has 1 aromatic heterocycles. The molecule has 4 N–H and O–H groups in total. The molecule has 7 nitrogen and oxygen atoms in total. The molecule has 0 radical (unpaired) electrons. The lowest BCUT2D eigenvalue weighted by Crippen LogP contribution is -2.33. The Balaban J connectivity index is 1.74. The lowest BCUT2D eigenvalue weighted by Gasteiger charge is -2.14. The summed E-state index contributed by atoms with van der Waals surface area (Å²) in [5.74, 6) is 5.32. The van der Waals surface area contributed by atoms with Crippen molar-refractivity contribution in [1.29, 1.82) is 0 Å². The first kappa shape index (κ1) is 20.2. The Hall–Kier alpha value is -2.58. The quantitative estimate of drug-likeness (QED) is 0.309. The number of rotatable bonds is 7. The van der Waals surface area contributed by atoms with Crippen LogP contribution in [0.1, 0.15) is 10.5 Å². The number of hydrogen-bond donors (Lipinski definition) is 3. The maximum absolute atomic E-state index is 12.1. The van der Waals surface area contributed by atoms with E-state index in [1.807, 2.05) is 0 Å². The Morgan fingerprint density at radius 2 is 1.75 bits per heavy atom. The van der Waals surface area contributed by atoms with Crippen LogP contribution in [0.4, 0.5) is 0 Å². The number of halogens is 2. The number of nitrogens with two attached hydrogens (primary N) is 1. The molecule has 3 rings (SSSR count). The number of nitrogens with zero attached hydrogens (tertiary/aromatic N) is 2. The van der Waals surface area contributed by atoms with Crippen LogP contribution in [0.5, 0.6) is 5.75 Å². The predicted octanol–water partition coefficient (Wildman–Crippen LogP) is 2.90. The molecule has 0 aliphatic rings. The van der Waals surface area contributed by atoms with Gasteiger partial charge in [0.2, 0.25) is 0 Å². The molecule has 0 spiro atoms. The number of carbonyl (C=O) groups excluding carboxylic acids is 1. The van der Waals surface area contributed by atoms with Gasteiger partial charge in [0.1, 0.15) is 24.2 Å². The van der Waals surface area contributed by atoms with Gasteiger partial charge in [-0.3, -0.25) is 14.9 Å². The van der Waals surface area contributed by atoms with Gasteiger partial charge in [-0.05, 0) is 42.5 Å². The van der Waals surface area contributed by atoms with Crippen LogP contribution >= 0.6 is 23.2 Å². The van der Waals surface area contributed by atoms with E-state index in [1.165, 1.54) is 4.68 Å². The smallest absolute Gasteiger partial charge is 0.283 e. The van der Waals surface area contributed by atoms with E-state index in [0.29, 0.717) is 21.5 Å². The standard InChI is InChI=1S/C19H18Cl2N4O3/c20-13-3-1-12(2-4-13)17-9-18(19(27)23-22)25(24-17)10-15(26)11-28-16-7-5-14(21)6-8-16/h1-9,15,26H,10-11,22H2,(H,23,27). The van der Waals surface area contributed by atoms with Gasteiger partial charge in [-0.2, -0.15) is 5.10 Å². The van der Waals surface area contributed by atoms with Gasteiger partial charge in [0.05, 0.1) is 12.2 Å². The summed E-state index contributed by atoms with van der Waals surface area (Å²) in [5, 5.41) is 15.9. The number of hydrazine groups is 1. The highest BCUT2D eigenvalue weighted by molar-refractivity contribution is 6.30. The average molecular weight is 421 g/mol. The lowest BCUT2D eigenvalue weighted by atomic mass is 10.1. The highest BCUT2D eigenvalue weighted by Crippen LogP contribution is 2.22. The number of nitrogens with one attached hydrogen (secondary N) is 1. The van der Waals surface area contributed by atoms with Crippen LogP contribution < -0.4 is 16.0 Å². The van der Waals surface area contributed by atoms with Crippen molar-refractivity contribution in [3.05, 3.63) is 70.3 Å². The van der Waals surface area contributed by atoms with Gasteiger partial charge in [-0.1, -0.05) is 35.3 Å². The molecule has 0 saturated carbocycles. The number of nitrogen functional groups attached to an aromatic ring is 1. The third-order valence-corrected chi connectivity index (χ3v) is 4.43. The highest BCUT2D eigenvalue weighted by Gasteiger charge is 2.18. The van der Waals surface area contributed by atoms with Crippen molar-refractivity contribution in [3.63, 3.8) is 0 Å².